The monoisotopic (exact) mass is 170 g/mol. The molecule has 0 amide bonds. The van der Waals surface area contributed by atoms with E-state index in [0.29, 0.717) is 5.56 Å². The quantitative estimate of drug-likeness (QED) is 0.716. The number of aliphatic hydroxyl groups is 2. The van der Waals surface area contributed by atoms with Crippen LogP contribution in [0.25, 0.3) is 0 Å². The molecule has 0 saturated carbocycles. The molecule has 0 fully saturated rings. The highest BCUT2D eigenvalue weighted by molar-refractivity contribution is 5.18. The minimum Gasteiger partial charge on any atom is -0.396 e. The molecule has 66 valence electrons. The molecule has 2 nitrogen and oxygen atoms in total. The van der Waals surface area contributed by atoms with Gasteiger partial charge in [0.25, 0.3) is 0 Å². The topological polar surface area (TPSA) is 40.5 Å². The Balaban J connectivity index is 2.73. The molecule has 0 aliphatic rings. The summed E-state index contributed by atoms with van der Waals surface area (Å²) in [6.45, 7) is -0.0995. The highest BCUT2D eigenvalue weighted by Gasteiger charge is 2.06. The second kappa shape index (κ2) is 4.18. The lowest BCUT2D eigenvalue weighted by atomic mass is 10.1. The second-order valence-electron chi connectivity index (χ2n) is 2.58. The zero-order valence-corrected chi connectivity index (χ0v) is 6.57. The lowest BCUT2D eigenvalue weighted by Gasteiger charge is -2.08. The first-order valence-corrected chi connectivity index (χ1v) is 3.78. The Morgan fingerprint density at radius 2 is 2.17 bits per heavy atom. The molecule has 1 unspecified atom stereocenters. The van der Waals surface area contributed by atoms with Crippen LogP contribution >= 0.6 is 0 Å². The molecule has 0 aromatic heterocycles. The molecule has 0 aliphatic heterocycles. The van der Waals surface area contributed by atoms with Crippen LogP contribution in [0.15, 0.2) is 24.3 Å². The van der Waals surface area contributed by atoms with Crippen LogP contribution in [0.3, 0.4) is 0 Å². The van der Waals surface area contributed by atoms with Crippen molar-refractivity contribution in [3.8, 4) is 0 Å². The molecule has 2 N–H and O–H groups in total. The molecule has 12 heavy (non-hydrogen) atoms. The highest BCUT2D eigenvalue weighted by atomic mass is 19.1. The van der Waals surface area contributed by atoms with Crippen LogP contribution in [0.1, 0.15) is 18.1 Å². The first kappa shape index (κ1) is 9.16. The van der Waals surface area contributed by atoms with E-state index in [1.54, 1.807) is 6.07 Å². The summed E-state index contributed by atoms with van der Waals surface area (Å²) in [5.41, 5.74) is 0.504. The summed E-state index contributed by atoms with van der Waals surface area (Å²) in [4.78, 5) is 0. The molecular formula is C9H11FO2. The minimum absolute atomic E-state index is 0.0995. The zero-order chi connectivity index (χ0) is 8.97. The van der Waals surface area contributed by atoms with E-state index in [-0.39, 0.29) is 18.8 Å². The Labute approximate surface area is 70.3 Å². The Hall–Kier alpha value is -0.930. The van der Waals surface area contributed by atoms with Crippen molar-refractivity contribution in [2.75, 3.05) is 6.61 Å². The van der Waals surface area contributed by atoms with Gasteiger partial charge in [0.2, 0.25) is 0 Å². The van der Waals surface area contributed by atoms with E-state index in [9.17, 15) is 9.50 Å². The number of aliphatic hydroxyl groups excluding tert-OH is 2. The molecule has 0 saturated heterocycles. The summed E-state index contributed by atoms with van der Waals surface area (Å²) < 4.78 is 12.6. The Bertz CT molecular complexity index is 250. The van der Waals surface area contributed by atoms with Crippen molar-refractivity contribution >= 4 is 0 Å². The van der Waals surface area contributed by atoms with Crippen molar-refractivity contribution in [2.24, 2.45) is 0 Å². The average molecular weight is 170 g/mol. The van der Waals surface area contributed by atoms with Gasteiger partial charge in [-0.15, -0.1) is 0 Å². The molecule has 1 aromatic carbocycles. The maximum atomic E-state index is 12.6. The molecule has 0 spiro atoms. The second-order valence-corrected chi connectivity index (χ2v) is 2.58. The van der Waals surface area contributed by atoms with E-state index in [4.69, 9.17) is 5.11 Å². The van der Waals surface area contributed by atoms with Crippen molar-refractivity contribution in [1.29, 1.82) is 0 Å². The summed E-state index contributed by atoms with van der Waals surface area (Å²) in [7, 11) is 0. The third-order valence-electron chi connectivity index (χ3n) is 1.64. The van der Waals surface area contributed by atoms with Gasteiger partial charge in [-0.1, -0.05) is 12.1 Å². The van der Waals surface area contributed by atoms with Gasteiger partial charge in [0.15, 0.2) is 0 Å². The van der Waals surface area contributed by atoms with Crippen LogP contribution in [0.2, 0.25) is 0 Å². The highest BCUT2D eigenvalue weighted by Crippen LogP contribution is 2.16. The summed E-state index contributed by atoms with van der Waals surface area (Å²) in [6, 6.07) is 5.74. The lowest BCUT2D eigenvalue weighted by Crippen LogP contribution is -2.00. The maximum absolute atomic E-state index is 12.6. The fourth-order valence-corrected chi connectivity index (χ4v) is 1.00. The lowest BCUT2D eigenvalue weighted by molar-refractivity contribution is 0.134. The van der Waals surface area contributed by atoms with Gasteiger partial charge in [0, 0.05) is 13.0 Å². The number of hydrogen-bond acceptors (Lipinski definition) is 2. The van der Waals surface area contributed by atoms with Crippen molar-refractivity contribution < 1.29 is 14.6 Å². The molecule has 3 heteroatoms. The van der Waals surface area contributed by atoms with Crippen LogP contribution in [0, 0.1) is 5.82 Å². The normalized spacial score (nSPS) is 12.9. The van der Waals surface area contributed by atoms with Gasteiger partial charge in [-0.25, -0.2) is 4.39 Å². The van der Waals surface area contributed by atoms with Crippen molar-refractivity contribution in [2.45, 2.75) is 12.5 Å². The van der Waals surface area contributed by atoms with Crippen molar-refractivity contribution in [1.82, 2.24) is 0 Å². The van der Waals surface area contributed by atoms with Crippen LogP contribution in [-0.4, -0.2) is 16.8 Å². The SMILES string of the molecule is OCCC(O)c1cccc(F)c1. The summed E-state index contributed by atoms with van der Waals surface area (Å²) in [5, 5.41) is 17.8. The standard InChI is InChI=1S/C9H11FO2/c10-8-3-1-2-7(6-8)9(12)4-5-11/h1-3,6,9,11-12H,4-5H2. The van der Waals surface area contributed by atoms with Gasteiger partial charge in [0.05, 0.1) is 6.10 Å². The van der Waals surface area contributed by atoms with E-state index < -0.39 is 6.10 Å². The van der Waals surface area contributed by atoms with E-state index in [1.807, 2.05) is 0 Å². The molecule has 0 radical (unpaired) electrons. The fraction of sp³-hybridized carbons (Fsp3) is 0.333. The Morgan fingerprint density at radius 1 is 1.42 bits per heavy atom. The minimum atomic E-state index is -0.773. The van der Waals surface area contributed by atoms with Gasteiger partial charge >= 0.3 is 0 Å². The van der Waals surface area contributed by atoms with E-state index >= 15 is 0 Å². The predicted octanol–water partition coefficient (Wildman–Crippen LogP) is 1.24. The summed E-state index contributed by atoms with van der Waals surface area (Å²) in [5.74, 6) is -0.371. The first-order valence-electron chi connectivity index (χ1n) is 3.78. The van der Waals surface area contributed by atoms with Gasteiger partial charge in [-0.2, -0.15) is 0 Å². The van der Waals surface area contributed by atoms with Crippen LogP contribution in [0.4, 0.5) is 4.39 Å². The van der Waals surface area contributed by atoms with Crippen LogP contribution in [0.5, 0.6) is 0 Å². The fourth-order valence-electron chi connectivity index (χ4n) is 1.00. The summed E-state index contributed by atoms with van der Waals surface area (Å²) >= 11 is 0. The van der Waals surface area contributed by atoms with Crippen LogP contribution in [-0.2, 0) is 0 Å². The zero-order valence-electron chi connectivity index (χ0n) is 6.57. The van der Waals surface area contributed by atoms with Gasteiger partial charge in [-0.05, 0) is 17.7 Å². The third-order valence-corrected chi connectivity index (χ3v) is 1.64. The van der Waals surface area contributed by atoms with Crippen molar-refractivity contribution in [3.63, 3.8) is 0 Å². The smallest absolute Gasteiger partial charge is 0.123 e. The average Bonchev–Trinajstić information content (AvgIpc) is 2.05. The van der Waals surface area contributed by atoms with Crippen molar-refractivity contribution in [3.05, 3.63) is 35.6 Å². The molecule has 0 heterocycles. The van der Waals surface area contributed by atoms with Gasteiger partial charge in [0.1, 0.15) is 5.82 Å². The molecule has 0 bridgehead atoms. The number of rotatable bonds is 3. The molecule has 1 atom stereocenters. The van der Waals surface area contributed by atoms with E-state index in [0.717, 1.165) is 0 Å². The Kier molecular flexibility index (Phi) is 3.19. The number of hydrogen-bond donors (Lipinski definition) is 2. The van der Waals surface area contributed by atoms with Gasteiger partial charge < -0.3 is 10.2 Å². The molecular weight excluding hydrogens is 159 g/mol. The molecule has 1 aromatic rings. The first-order chi connectivity index (χ1) is 5.74. The van der Waals surface area contributed by atoms with E-state index in [1.165, 1.54) is 18.2 Å². The largest absolute Gasteiger partial charge is 0.396 e. The number of benzene rings is 1. The summed E-state index contributed by atoms with van der Waals surface area (Å²) in [6.07, 6.45) is -0.533. The molecule has 0 aliphatic carbocycles. The Morgan fingerprint density at radius 3 is 2.75 bits per heavy atom. The predicted molar refractivity (Wildman–Crippen MR) is 43.1 cm³/mol. The van der Waals surface area contributed by atoms with E-state index in [2.05, 4.69) is 0 Å². The number of halogens is 1. The maximum Gasteiger partial charge on any atom is 0.123 e. The third kappa shape index (κ3) is 2.29. The van der Waals surface area contributed by atoms with Crippen LogP contribution < -0.4 is 0 Å². The molecule has 1 rings (SSSR count). The van der Waals surface area contributed by atoms with Gasteiger partial charge in [-0.3, -0.25) is 0 Å².